The van der Waals surface area contributed by atoms with E-state index in [9.17, 15) is 14.4 Å². The van der Waals surface area contributed by atoms with Gasteiger partial charge in [0, 0.05) is 12.3 Å². The van der Waals surface area contributed by atoms with Crippen molar-refractivity contribution in [1.29, 1.82) is 0 Å². The number of hydrogen-bond donors (Lipinski definition) is 0. The monoisotopic (exact) mass is 274 g/mol. The molecule has 0 aromatic heterocycles. The van der Waals surface area contributed by atoms with Crippen LogP contribution in [0.1, 0.15) is 23.2 Å². The second-order valence-electron chi connectivity index (χ2n) is 5.16. The number of carbonyl (C=O) groups excluding carboxylic acids is 3. The second kappa shape index (κ2) is 5.07. The van der Waals surface area contributed by atoms with Gasteiger partial charge in [-0.15, -0.1) is 0 Å². The largest absolute Gasteiger partial charge is 0.462 e. The number of ether oxygens (including phenoxy) is 2. The Bertz CT molecular complexity index is 538. The van der Waals surface area contributed by atoms with Crippen LogP contribution < -0.4 is 0 Å². The average Bonchev–Trinajstić information content (AvgIpc) is 2.95. The number of esters is 2. The molecule has 2 aliphatic rings. The minimum Gasteiger partial charge on any atom is -0.462 e. The van der Waals surface area contributed by atoms with E-state index in [2.05, 4.69) is 0 Å². The molecule has 1 aliphatic carbocycles. The maximum atomic E-state index is 12.0. The van der Waals surface area contributed by atoms with Crippen LogP contribution in [0.5, 0.6) is 0 Å². The van der Waals surface area contributed by atoms with Crippen molar-refractivity contribution in [3.63, 3.8) is 0 Å². The molecule has 0 bridgehead atoms. The molecule has 1 aromatic carbocycles. The zero-order valence-corrected chi connectivity index (χ0v) is 10.7. The molecule has 0 spiro atoms. The lowest BCUT2D eigenvalue weighted by Gasteiger charge is -2.17. The van der Waals surface area contributed by atoms with E-state index in [1.165, 1.54) is 0 Å². The molecule has 1 aliphatic heterocycles. The minimum atomic E-state index is -0.511. The Morgan fingerprint density at radius 3 is 2.75 bits per heavy atom. The van der Waals surface area contributed by atoms with Crippen LogP contribution in [-0.4, -0.2) is 30.4 Å². The molecule has 1 saturated carbocycles. The van der Waals surface area contributed by atoms with Crippen LogP contribution in [0.25, 0.3) is 0 Å². The van der Waals surface area contributed by atoms with E-state index < -0.39 is 18.0 Å². The molecular formula is C15H14O5. The van der Waals surface area contributed by atoms with Crippen LogP contribution >= 0.6 is 0 Å². The van der Waals surface area contributed by atoms with Crippen LogP contribution in [0.4, 0.5) is 0 Å². The fraction of sp³-hybridized carbons (Fsp3) is 0.400. The Balaban J connectivity index is 1.71. The first kappa shape index (κ1) is 12.8. The molecule has 3 rings (SSSR count). The quantitative estimate of drug-likeness (QED) is 0.615. The van der Waals surface area contributed by atoms with Crippen LogP contribution in [0.15, 0.2) is 30.3 Å². The van der Waals surface area contributed by atoms with E-state index in [1.807, 2.05) is 6.07 Å². The summed E-state index contributed by atoms with van der Waals surface area (Å²) in [6.07, 6.45) is 0.594. The van der Waals surface area contributed by atoms with E-state index in [0.717, 1.165) is 6.29 Å². The molecule has 5 heteroatoms. The lowest BCUT2D eigenvalue weighted by atomic mass is 9.93. The highest BCUT2D eigenvalue weighted by Crippen LogP contribution is 2.41. The molecule has 5 nitrogen and oxygen atoms in total. The Hall–Kier alpha value is -2.17. The summed E-state index contributed by atoms with van der Waals surface area (Å²) in [6.45, 7) is 0. The Morgan fingerprint density at radius 1 is 1.30 bits per heavy atom. The van der Waals surface area contributed by atoms with Crippen molar-refractivity contribution < 1.29 is 23.9 Å². The molecule has 0 N–H and O–H groups in total. The SMILES string of the molecule is O=CC1C(OC(=O)c2ccccc2)CC2OC(=O)CC21. The van der Waals surface area contributed by atoms with Gasteiger partial charge in [0.1, 0.15) is 18.5 Å². The normalized spacial score (nSPS) is 31.5. The summed E-state index contributed by atoms with van der Waals surface area (Å²) in [5, 5.41) is 0. The molecule has 4 unspecified atom stereocenters. The predicted octanol–water partition coefficient (Wildman–Crippen LogP) is 1.36. The first-order valence-electron chi connectivity index (χ1n) is 6.60. The van der Waals surface area contributed by atoms with Crippen molar-refractivity contribution in [1.82, 2.24) is 0 Å². The first-order chi connectivity index (χ1) is 9.69. The van der Waals surface area contributed by atoms with E-state index >= 15 is 0 Å². The summed E-state index contributed by atoms with van der Waals surface area (Å²) in [7, 11) is 0. The summed E-state index contributed by atoms with van der Waals surface area (Å²) in [5.74, 6) is -1.35. The van der Waals surface area contributed by atoms with Gasteiger partial charge in [-0.2, -0.15) is 0 Å². The summed E-state index contributed by atoms with van der Waals surface area (Å²) < 4.78 is 10.6. The van der Waals surface area contributed by atoms with Gasteiger partial charge in [0.2, 0.25) is 0 Å². The third-order valence-corrected chi connectivity index (χ3v) is 3.98. The third-order valence-electron chi connectivity index (χ3n) is 3.98. The number of aldehydes is 1. The highest BCUT2D eigenvalue weighted by molar-refractivity contribution is 5.89. The van der Waals surface area contributed by atoms with Crippen LogP contribution in [0.2, 0.25) is 0 Å². The Labute approximate surface area is 115 Å². The van der Waals surface area contributed by atoms with Crippen LogP contribution in [0.3, 0.4) is 0 Å². The molecule has 1 saturated heterocycles. The fourth-order valence-electron chi connectivity index (χ4n) is 2.99. The molecule has 2 fully saturated rings. The summed E-state index contributed by atoms with van der Waals surface area (Å²) in [5.41, 5.74) is 0.450. The molecule has 104 valence electrons. The van der Waals surface area contributed by atoms with Gasteiger partial charge in [0.05, 0.1) is 17.9 Å². The number of benzene rings is 1. The molecule has 0 amide bonds. The van der Waals surface area contributed by atoms with Crippen molar-refractivity contribution in [2.45, 2.75) is 25.0 Å². The third kappa shape index (κ3) is 2.19. The van der Waals surface area contributed by atoms with Crippen molar-refractivity contribution in [2.24, 2.45) is 11.8 Å². The minimum absolute atomic E-state index is 0.159. The van der Waals surface area contributed by atoms with Crippen molar-refractivity contribution in [3.05, 3.63) is 35.9 Å². The van der Waals surface area contributed by atoms with Gasteiger partial charge in [-0.3, -0.25) is 4.79 Å². The summed E-state index contributed by atoms with van der Waals surface area (Å²) in [6, 6.07) is 8.63. The van der Waals surface area contributed by atoms with Crippen molar-refractivity contribution >= 4 is 18.2 Å². The lowest BCUT2D eigenvalue weighted by Crippen LogP contribution is -2.27. The van der Waals surface area contributed by atoms with Crippen molar-refractivity contribution in [3.8, 4) is 0 Å². The molecule has 4 atom stereocenters. The number of rotatable bonds is 3. The lowest BCUT2D eigenvalue weighted by molar-refractivity contribution is -0.141. The highest BCUT2D eigenvalue weighted by Gasteiger charge is 2.51. The van der Waals surface area contributed by atoms with Crippen LogP contribution in [0, 0.1) is 11.8 Å². The van der Waals surface area contributed by atoms with E-state index in [0.29, 0.717) is 12.0 Å². The maximum absolute atomic E-state index is 12.0. The Kier molecular flexibility index (Phi) is 3.26. The number of fused-ring (bicyclic) bond motifs is 1. The topological polar surface area (TPSA) is 69.7 Å². The molecule has 0 radical (unpaired) electrons. The van der Waals surface area contributed by atoms with E-state index in [-0.39, 0.29) is 24.4 Å². The zero-order chi connectivity index (χ0) is 14.1. The standard InChI is InChI=1S/C15H14O5/c16-8-11-10-6-14(17)19-12(10)7-13(11)20-15(18)9-4-2-1-3-5-9/h1-5,8,10-13H,6-7H2. The summed E-state index contributed by atoms with van der Waals surface area (Å²) >= 11 is 0. The van der Waals surface area contributed by atoms with Gasteiger partial charge in [-0.05, 0) is 12.1 Å². The highest BCUT2D eigenvalue weighted by atomic mass is 16.6. The zero-order valence-electron chi connectivity index (χ0n) is 10.7. The van der Waals surface area contributed by atoms with Gasteiger partial charge in [-0.25, -0.2) is 4.79 Å². The molecular weight excluding hydrogens is 260 g/mol. The van der Waals surface area contributed by atoms with Gasteiger partial charge in [0.25, 0.3) is 0 Å². The van der Waals surface area contributed by atoms with Gasteiger partial charge in [0.15, 0.2) is 0 Å². The summed E-state index contributed by atoms with van der Waals surface area (Å²) in [4.78, 5) is 34.4. The maximum Gasteiger partial charge on any atom is 0.338 e. The number of hydrogen-bond acceptors (Lipinski definition) is 5. The van der Waals surface area contributed by atoms with Gasteiger partial charge >= 0.3 is 11.9 Å². The first-order valence-corrected chi connectivity index (χ1v) is 6.60. The van der Waals surface area contributed by atoms with Gasteiger partial charge in [-0.1, -0.05) is 18.2 Å². The average molecular weight is 274 g/mol. The second-order valence-corrected chi connectivity index (χ2v) is 5.16. The number of carbonyl (C=O) groups is 3. The fourth-order valence-corrected chi connectivity index (χ4v) is 2.99. The van der Waals surface area contributed by atoms with Crippen LogP contribution in [-0.2, 0) is 19.1 Å². The predicted molar refractivity (Wildman–Crippen MR) is 67.8 cm³/mol. The van der Waals surface area contributed by atoms with E-state index in [4.69, 9.17) is 9.47 Å². The van der Waals surface area contributed by atoms with E-state index in [1.54, 1.807) is 24.3 Å². The smallest absolute Gasteiger partial charge is 0.338 e. The van der Waals surface area contributed by atoms with Gasteiger partial charge < -0.3 is 14.3 Å². The molecule has 1 heterocycles. The Morgan fingerprint density at radius 2 is 2.05 bits per heavy atom. The molecule has 1 aromatic rings. The molecule has 20 heavy (non-hydrogen) atoms. The van der Waals surface area contributed by atoms with Crippen molar-refractivity contribution in [2.75, 3.05) is 0 Å².